The van der Waals surface area contributed by atoms with Crippen LogP contribution in [0.15, 0.2) is 52.4 Å². The Morgan fingerprint density at radius 1 is 1.18 bits per heavy atom. The zero-order valence-electron chi connectivity index (χ0n) is 11.0. The molecule has 0 aliphatic heterocycles. The number of nitrogens with zero attached hydrogens (tertiary/aromatic N) is 2. The monoisotopic (exact) mass is 323 g/mol. The minimum absolute atomic E-state index is 0.0835. The summed E-state index contributed by atoms with van der Waals surface area (Å²) in [6.45, 7) is 0. The van der Waals surface area contributed by atoms with Crippen LogP contribution in [0.25, 0.3) is 0 Å². The third-order valence-corrected chi connectivity index (χ3v) is 3.34. The number of non-ortho nitro benzene ring substituents is 1. The Morgan fingerprint density at radius 2 is 1.86 bits per heavy atom. The van der Waals surface area contributed by atoms with E-state index in [0.29, 0.717) is 22.3 Å². The van der Waals surface area contributed by atoms with Gasteiger partial charge in [-0.1, -0.05) is 23.6 Å². The Balaban J connectivity index is 2.18. The molecule has 0 aromatic heterocycles. The summed E-state index contributed by atoms with van der Waals surface area (Å²) in [4.78, 5) is 14.5. The van der Waals surface area contributed by atoms with Crippen molar-refractivity contribution in [1.82, 2.24) is 0 Å². The van der Waals surface area contributed by atoms with Gasteiger partial charge in [0.05, 0.1) is 10.6 Å². The van der Waals surface area contributed by atoms with Crippen molar-refractivity contribution in [3.05, 3.63) is 58.1 Å². The molecule has 0 unspecified atom stereocenters. The molecule has 114 valence electrons. The zero-order chi connectivity index (χ0) is 16.1. The van der Waals surface area contributed by atoms with Gasteiger partial charge in [-0.05, 0) is 29.8 Å². The summed E-state index contributed by atoms with van der Waals surface area (Å²) in [5.41, 5.74) is 0.328. The number of thioether (sulfide) groups is 1. The number of benzene rings is 2. The number of nitro benzene ring substituents is 1. The molecule has 5 nitrogen and oxygen atoms in total. The molecule has 2 rings (SSSR count). The predicted octanol–water partition coefficient (Wildman–Crippen LogP) is 3.73. The van der Waals surface area contributed by atoms with Gasteiger partial charge in [-0.15, -0.1) is 0 Å². The van der Waals surface area contributed by atoms with Gasteiger partial charge in [0.1, 0.15) is 0 Å². The Labute approximate surface area is 128 Å². The molecule has 0 fully saturated rings. The Morgan fingerprint density at radius 3 is 2.45 bits per heavy atom. The van der Waals surface area contributed by atoms with Crippen LogP contribution in [0.4, 0.5) is 20.2 Å². The van der Waals surface area contributed by atoms with Crippen molar-refractivity contribution in [3.8, 4) is 5.75 Å². The van der Waals surface area contributed by atoms with Gasteiger partial charge in [-0.2, -0.15) is 8.78 Å². The molecular weight excluding hydrogens is 314 g/mol. The number of halogens is 2. The molecule has 0 spiro atoms. The molecule has 2 aromatic carbocycles. The van der Waals surface area contributed by atoms with Crippen LogP contribution in [0.2, 0.25) is 0 Å². The SMILES string of the molecule is O=[N+]([O-])c1ccc([O-])c(C=Nc2ccc(SC(F)F)cc2)c1. The quantitative estimate of drug-likeness (QED) is 0.363. The summed E-state index contributed by atoms with van der Waals surface area (Å²) in [5.74, 6) is -2.89. The van der Waals surface area contributed by atoms with Crippen molar-refractivity contribution >= 4 is 29.4 Å². The maximum Gasteiger partial charge on any atom is 0.288 e. The first kappa shape index (κ1) is 15.9. The molecular formula is C14H9F2N2O3S-. The van der Waals surface area contributed by atoms with Crippen LogP contribution in [-0.4, -0.2) is 16.9 Å². The summed E-state index contributed by atoms with van der Waals surface area (Å²) in [6, 6.07) is 9.35. The van der Waals surface area contributed by atoms with Gasteiger partial charge in [0.25, 0.3) is 11.4 Å². The molecule has 0 saturated carbocycles. The first-order chi connectivity index (χ1) is 10.5. The van der Waals surface area contributed by atoms with Crippen molar-refractivity contribution in [2.45, 2.75) is 10.7 Å². The molecule has 22 heavy (non-hydrogen) atoms. The minimum Gasteiger partial charge on any atom is -0.872 e. The summed E-state index contributed by atoms with van der Waals surface area (Å²) >= 11 is 0.419. The summed E-state index contributed by atoms with van der Waals surface area (Å²) in [6.07, 6.45) is 1.21. The number of nitro groups is 1. The van der Waals surface area contributed by atoms with Gasteiger partial charge in [-0.25, -0.2) is 0 Å². The second-order valence-electron chi connectivity index (χ2n) is 4.11. The second-order valence-corrected chi connectivity index (χ2v) is 5.17. The number of hydrogen-bond acceptors (Lipinski definition) is 5. The van der Waals surface area contributed by atoms with E-state index >= 15 is 0 Å². The first-order valence-corrected chi connectivity index (χ1v) is 6.88. The highest BCUT2D eigenvalue weighted by Crippen LogP contribution is 2.27. The molecule has 2 aromatic rings. The largest absolute Gasteiger partial charge is 0.872 e. The molecule has 0 radical (unpaired) electrons. The van der Waals surface area contributed by atoms with Crippen molar-refractivity contribution in [1.29, 1.82) is 0 Å². The van der Waals surface area contributed by atoms with E-state index in [1.807, 2.05) is 0 Å². The van der Waals surface area contributed by atoms with Crippen molar-refractivity contribution in [2.24, 2.45) is 4.99 Å². The second kappa shape index (κ2) is 6.99. The van der Waals surface area contributed by atoms with Crippen LogP contribution >= 0.6 is 11.8 Å². The first-order valence-electron chi connectivity index (χ1n) is 6.00. The predicted molar refractivity (Wildman–Crippen MR) is 78.1 cm³/mol. The third kappa shape index (κ3) is 4.26. The van der Waals surface area contributed by atoms with Crippen LogP contribution in [0, 0.1) is 10.1 Å². The van der Waals surface area contributed by atoms with Gasteiger partial charge in [0.2, 0.25) is 0 Å². The van der Waals surface area contributed by atoms with E-state index in [0.717, 1.165) is 18.2 Å². The van der Waals surface area contributed by atoms with Crippen LogP contribution < -0.4 is 5.11 Å². The lowest BCUT2D eigenvalue weighted by Gasteiger charge is -2.08. The fourth-order valence-electron chi connectivity index (χ4n) is 1.61. The van der Waals surface area contributed by atoms with Crippen LogP contribution in [0.3, 0.4) is 0 Å². The van der Waals surface area contributed by atoms with Crippen molar-refractivity contribution < 1.29 is 18.8 Å². The van der Waals surface area contributed by atoms with E-state index in [9.17, 15) is 24.0 Å². The topological polar surface area (TPSA) is 78.6 Å². The molecule has 0 heterocycles. The standard InChI is InChI=1S/C14H10F2N2O3S/c15-14(16)22-12-4-1-10(2-5-12)17-8-9-7-11(18(20)21)3-6-13(9)19/h1-8,14,19H/p-1. The van der Waals surface area contributed by atoms with Crippen molar-refractivity contribution in [3.63, 3.8) is 0 Å². The number of rotatable bonds is 5. The lowest BCUT2D eigenvalue weighted by Crippen LogP contribution is -1.98. The summed E-state index contributed by atoms with van der Waals surface area (Å²) in [5, 5.41) is 22.2. The third-order valence-electron chi connectivity index (χ3n) is 2.62. The van der Waals surface area contributed by atoms with Gasteiger partial charge in [0, 0.05) is 23.2 Å². The van der Waals surface area contributed by atoms with Crippen molar-refractivity contribution in [2.75, 3.05) is 0 Å². The highest BCUT2D eigenvalue weighted by Gasteiger charge is 2.06. The Kier molecular flexibility index (Phi) is 5.05. The number of aliphatic imine (C=N–C) groups is 1. The van der Waals surface area contributed by atoms with Gasteiger partial charge < -0.3 is 5.11 Å². The normalized spacial score (nSPS) is 11.2. The average molecular weight is 323 g/mol. The minimum atomic E-state index is -2.50. The molecule has 0 bridgehead atoms. The fourth-order valence-corrected chi connectivity index (χ4v) is 2.11. The van der Waals surface area contributed by atoms with Gasteiger partial charge >= 0.3 is 0 Å². The lowest BCUT2D eigenvalue weighted by atomic mass is 10.2. The van der Waals surface area contributed by atoms with E-state index in [1.165, 1.54) is 30.5 Å². The Bertz CT molecular complexity index is 706. The van der Waals surface area contributed by atoms with E-state index in [4.69, 9.17) is 0 Å². The fraction of sp³-hybridized carbons (Fsp3) is 0.0714. The van der Waals surface area contributed by atoms with Crippen LogP contribution in [0.1, 0.15) is 5.56 Å². The zero-order valence-corrected chi connectivity index (χ0v) is 11.8. The van der Waals surface area contributed by atoms with Gasteiger partial charge in [0.15, 0.2) is 0 Å². The maximum atomic E-state index is 12.2. The molecule has 0 saturated heterocycles. The van der Waals surface area contributed by atoms with E-state index in [-0.39, 0.29) is 17.0 Å². The van der Waals surface area contributed by atoms with Crippen LogP contribution in [0.5, 0.6) is 5.75 Å². The Hall–Kier alpha value is -2.48. The number of hydrogen-bond donors (Lipinski definition) is 0. The molecule has 0 atom stereocenters. The molecule has 0 aliphatic carbocycles. The highest BCUT2D eigenvalue weighted by atomic mass is 32.2. The van der Waals surface area contributed by atoms with Gasteiger partial charge in [-0.3, -0.25) is 15.1 Å². The molecule has 0 aliphatic rings. The van der Waals surface area contributed by atoms with E-state index in [1.54, 1.807) is 0 Å². The average Bonchev–Trinajstić information content (AvgIpc) is 2.47. The maximum absolute atomic E-state index is 12.2. The highest BCUT2D eigenvalue weighted by molar-refractivity contribution is 7.99. The lowest BCUT2D eigenvalue weighted by molar-refractivity contribution is -0.385. The molecule has 0 amide bonds. The molecule has 0 N–H and O–H groups in total. The number of alkyl halides is 2. The van der Waals surface area contributed by atoms with Crippen LogP contribution in [-0.2, 0) is 0 Å². The van der Waals surface area contributed by atoms with E-state index in [2.05, 4.69) is 4.99 Å². The molecule has 8 heteroatoms. The summed E-state index contributed by atoms with van der Waals surface area (Å²) < 4.78 is 24.4. The van der Waals surface area contributed by atoms with E-state index < -0.39 is 10.7 Å². The summed E-state index contributed by atoms with van der Waals surface area (Å²) in [7, 11) is 0. The smallest absolute Gasteiger partial charge is 0.288 e.